The number of carbonyl (C=O) groups excluding carboxylic acids is 1. The van der Waals surface area contributed by atoms with Gasteiger partial charge in [-0.2, -0.15) is 5.10 Å². The molecule has 2 fully saturated rings. The van der Waals surface area contributed by atoms with Crippen molar-refractivity contribution in [3.63, 3.8) is 0 Å². The van der Waals surface area contributed by atoms with Crippen molar-refractivity contribution < 1.29 is 18.1 Å². The lowest BCUT2D eigenvalue weighted by Crippen LogP contribution is -2.42. The summed E-state index contributed by atoms with van der Waals surface area (Å²) in [6, 6.07) is 1.86. The Balaban J connectivity index is 1.26. The smallest absolute Gasteiger partial charge is 0.258 e. The van der Waals surface area contributed by atoms with Crippen molar-refractivity contribution in [1.82, 2.24) is 29.8 Å². The van der Waals surface area contributed by atoms with Crippen LogP contribution in [0.1, 0.15) is 30.7 Å². The topological polar surface area (TPSA) is 93.2 Å². The lowest BCUT2D eigenvalue weighted by atomic mass is 9.77. The first-order chi connectivity index (χ1) is 14.9. The van der Waals surface area contributed by atoms with Gasteiger partial charge in [-0.05, 0) is 19.8 Å². The van der Waals surface area contributed by atoms with Crippen molar-refractivity contribution in [1.29, 1.82) is 0 Å². The van der Waals surface area contributed by atoms with Gasteiger partial charge in [0, 0.05) is 37.5 Å². The number of hydrogen-bond acceptors (Lipinski definition) is 7. The molecule has 1 amide bonds. The van der Waals surface area contributed by atoms with Crippen molar-refractivity contribution in [2.24, 2.45) is 5.41 Å². The SMILES string of the molecule is Cc1cc(CN2CC3(CCN(c4cnc5cnn(CC(F)F)c5n4)CC3)CC2=O)no1. The molecule has 1 spiro atoms. The molecule has 0 saturated carbocycles. The van der Waals surface area contributed by atoms with Gasteiger partial charge in [0.1, 0.15) is 29.3 Å². The summed E-state index contributed by atoms with van der Waals surface area (Å²) in [5.74, 6) is 1.53. The third-order valence-corrected chi connectivity index (χ3v) is 6.23. The second kappa shape index (κ2) is 7.54. The van der Waals surface area contributed by atoms with E-state index < -0.39 is 13.0 Å². The molecule has 9 nitrogen and oxygen atoms in total. The lowest BCUT2D eigenvalue weighted by molar-refractivity contribution is -0.128. The zero-order valence-corrected chi connectivity index (χ0v) is 17.2. The first-order valence-electron chi connectivity index (χ1n) is 10.3. The van der Waals surface area contributed by atoms with E-state index in [0.717, 1.165) is 37.4 Å². The minimum Gasteiger partial charge on any atom is -0.361 e. The van der Waals surface area contributed by atoms with Gasteiger partial charge in [-0.15, -0.1) is 0 Å². The molecule has 0 radical (unpaired) electrons. The summed E-state index contributed by atoms with van der Waals surface area (Å²) in [7, 11) is 0. The number of aryl methyl sites for hydroxylation is 1. The van der Waals surface area contributed by atoms with E-state index in [2.05, 4.69) is 25.1 Å². The van der Waals surface area contributed by atoms with Crippen LogP contribution < -0.4 is 4.90 Å². The summed E-state index contributed by atoms with van der Waals surface area (Å²) in [6.07, 6.45) is 2.84. The number of alkyl halides is 2. The molecule has 0 aliphatic carbocycles. The number of hydrogen-bond donors (Lipinski definition) is 0. The van der Waals surface area contributed by atoms with Gasteiger partial charge < -0.3 is 14.3 Å². The fraction of sp³-hybridized carbons (Fsp3) is 0.550. The molecule has 0 unspecified atom stereocenters. The molecule has 11 heteroatoms. The van der Waals surface area contributed by atoms with Crippen LogP contribution in [-0.2, 0) is 17.9 Å². The van der Waals surface area contributed by atoms with Gasteiger partial charge in [0.05, 0.1) is 18.9 Å². The molecule has 0 atom stereocenters. The summed E-state index contributed by atoms with van der Waals surface area (Å²) >= 11 is 0. The van der Waals surface area contributed by atoms with Crippen LogP contribution in [0.2, 0.25) is 0 Å². The summed E-state index contributed by atoms with van der Waals surface area (Å²) in [5.41, 5.74) is 1.58. The molecule has 3 aromatic rings. The predicted octanol–water partition coefficient (Wildman–Crippen LogP) is 2.41. The molecule has 3 aromatic heterocycles. The summed E-state index contributed by atoms with van der Waals surface area (Å²) in [4.78, 5) is 25.5. The number of anilines is 1. The van der Waals surface area contributed by atoms with Crippen LogP contribution in [0, 0.1) is 12.3 Å². The predicted molar refractivity (Wildman–Crippen MR) is 106 cm³/mol. The number of halogens is 2. The van der Waals surface area contributed by atoms with E-state index in [1.165, 1.54) is 10.9 Å². The quantitative estimate of drug-likeness (QED) is 0.612. The highest BCUT2D eigenvalue weighted by Gasteiger charge is 2.45. The number of carbonyl (C=O) groups is 1. The highest BCUT2D eigenvalue weighted by molar-refractivity contribution is 5.79. The second-order valence-electron chi connectivity index (χ2n) is 8.50. The first kappa shape index (κ1) is 19.8. The fourth-order valence-electron chi connectivity index (χ4n) is 4.62. The minimum atomic E-state index is -2.51. The zero-order valence-electron chi connectivity index (χ0n) is 17.2. The van der Waals surface area contributed by atoms with Crippen LogP contribution in [0.3, 0.4) is 0 Å². The molecular formula is C20H23F2N7O2. The van der Waals surface area contributed by atoms with E-state index in [1.54, 1.807) is 6.20 Å². The van der Waals surface area contributed by atoms with Crippen molar-refractivity contribution in [2.45, 2.75) is 45.7 Å². The van der Waals surface area contributed by atoms with Gasteiger partial charge in [-0.25, -0.2) is 23.4 Å². The van der Waals surface area contributed by atoms with Crippen molar-refractivity contribution >= 4 is 22.9 Å². The minimum absolute atomic E-state index is 0.0542. The number of amides is 1. The average molecular weight is 431 g/mol. The fourth-order valence-corrected chi connectivity index (χ4v) is 4.62. The highest BCUT2D eigenvalue weighted by atomic mass is 19.3. The number of aromatic nitrogens is 5. The molecule has 31 heavy (non-hydrogen) atoms. The van der Waals surface area contributed by atoms with Crippen LogP contribution in [0.4, 0.5) is 14.6 Å². The number of rotatable bonds is 5. The molecule has 5 rings (SSSR count). The van der Waals surface area contributed by atoms with Gasteiger partial charge in [-0.1, -0.05) is 5.16 Å². The van der Waals surface area contributed by atoms with Gasteiger partial charge in [0.2, 0.25) is 5.91 Å². The summed E-state index contributed by atoms with van der Waals surface area (Å²) < 4.78 is 31.9. The maximum absolute atomic E-state index is 12.8. The molecule has 2 aliphatic heterocycles. The molecule has 0 bridgehead atoms. The van der Waals surface area contributed by atoms with Crippen LogP contribution in [0.5, 0.6) is 0 Å². The van der Waals surface area contributed by atoms with E-state index >= 15 is 0 Å². The van der Waals surface area contributed by atoms with E-state index in [1.807, 2.05) is 17.9 Å². The largest absolute Gasteiger partial charge is 0.361 e. The molecule has 0 aromatic carbocycles. The Labute approximate surface area is 177 Å². The zero-order chi connectivity index (χ0) is 21.6. The maximum Gasteiger partial charge on any atom is 0.258 e. The number of nitrogens with zero attached hydrogens (tertiary/aromatic N) is 7. The Morgan fingerprint density at radius 1 is 1.26 bits per heavy atom. The summed E-state index contributed by atoms with van der Waals surface area (Å²) in [5, 5.41) is 7.97. The van der Waals surface area contributed by atoms with E-state index in [4.69, 9.17) is 4.52 Å². The Bertz CT molecular complexity index is 1100. The summed E-state index contributed by atoms with van der Waals surface area (Å²) in [6.45, 7) is 3.96. The van der Waals surface area contributed by atoms with E-state index in [0.29, 0.717) is 36.5 Å². The molecule has 5 heterocycles. The third kappa shape index (κ3) is 3.84. The van der Waals surface area contributed by atoms with Gasteiger partial charge in [0.15, 0.2) is 5.65 Å². The Morgan fingerprint density at radius 3 is 2.77 bits per heavy atom. The van der Waals surface area contributed by atoms with Crippen molar-refractivity contribution in [3.05, 3.63) is 29.9 Å². The Kier molecular flexibility index (Phi) is 4.82. The first-order valence-corrected chi connectivity index (χ1v) is 10.3. The van der Waals surface area contributed by atoms with Crippen molar-refractivity contribution in [3.8, 4) is 0 Å². The highest BCUT2D eigenvalue weighted by Crippen LogP contribution is 2.42. The van der Waals surface area contributed by atoms with E-state index in [9.17, 15) is 13.6 Å². The van der Waals surface area contributed by atoms with Gasteiger partial charge >= 0.3 is 0 Å². The number of likely N-dealkylation sites (tertiary alicyclic amines) is 1. The molecule has 2 aliphatic rings. The normalized spacial score (nSPS) is 18.8. The lowest BCUT2D eigenvalue weighted by Gasteiger charge is -2.39. The third-order valence-electron chi connectivity index (χ3n) is 6.23. The number of fused-ring (bicyclic) bond motifs is 1. The Hall–Kier alpha value is -3.11. The molecule has 0 N–H and O–H groups in total. The average Bonchev–Trinajstić information content (AvgIpc) is 3.41. The Morgan fingerprint density at radius 2 is 2.06 bits per heavy atom. The van der Waals surface area contributed by atoms with Crippen LogP contribution in [0.25, 0.3) is 11.2 Å². The van der Waals surface area contributed by atoms with Gasteiger partial charge in [-0.3, -0.25) is 4.79 Å². The van der Waals surface area contributed by atoms with Crippen LogP contribution in [-0.4, -0.2) is 61.8 Å². The van der Waals surface area contributed by atoms with Crippen molar-refractivity contribution in [2.75, 3.05) is 24.5 Å². The molecular weight excluding hydrogens is 408 g/mol. The standard InChI is InChI=1S/C20H23F2N7O2/c1-13-6-14(26-31-13)10-28-12-20(7-18(28)30)2-4-27(5-3-20)17-9-23-15-8-24-29(11-16(21)22)19(15)25-17/h6,8-9,16H,2-5,7,10-12H2,1H3. The molecule has 2 saturated heterocycles. The second-order valence-corrected chi connectivity index (χ2v) is 8.50. The van der Waals surface area contributed by atoms with Crippen LogP contribution in [0.15, 0.2) is 23.0 Å². The maximum atomic E-state index is 12.8. The van der Waals surface area contributed by atoms with Crippen LogP contribution >= 0.6 is 0 Å². The van der Waals surface area contributed by atoms with E-state index in [-0.39, 0.29) is 11.3 Å². The molecule has 164 valence electrons. The van der Waals surface area contributed by atoms with Gasteiger partial charge in [0.25, 0.3) is 6.43 Å². The number of piperidine rings is 1. The monoisotopic (exact) mass is 431 g/mol.